The van der Waals surface area contributed by atoms with Gasteiger partial charge in [0.1, 0.15) is 12.1 Å². The molecule has 0 aliphatic rings. The molecule has 2 aromatic rings. The van der Waals surface area contributed by atoms with Gasteiger partial charge in [0.15, 0.2) is 5.82 Å². The molecule has 0 aliphatic heterocycles. The molecule has 0 saturated carbocycles. The molecule has 0 atom stereocenters. The monoisotopic (exact) mass is 247 g/mol. The van der Waals surface area contributed by atoms with E-state index in [-0.39, 0.29) is 11.6 Å². The van der Waals surface area contributed by atoms with Gasteiger partial charge in [0, 0.05) is 12.1 Å². The smallest absolute Gasteiger partial charge is 0.229 e. The van der Waals surface area contributed by atoms with E-state index in [4.69, 9.17) is 0 Å². The van der Waals surface area contributed by atoms with E-state index in [0.717, 1.165) is 6.42 Å². The van der Waals surface area contributed by atoms with Crippen LogP contribution in [-0.2, 0) is 6.54 Å². The Morgan fingerprint density at radius 1 is 1.44 bits per heavy atom. The zero-order chi connectivity index (χ0) is 13.1. The molecule has 0 amide bonds. The molecule has 0 aliphatic carbocycles. The highest BCUT2D eigenvalue weighted by atomic mass is 19.1. The first kappa shape index (κ1) is 12.4. The summed E-state index contributed by atoms with van der Waals surface area (Å²) in [6.45, 7) is 4.27. The molecule has 0 unspecified atom stereocenters. The number of ketones is 1. The van der Waals surface area contributed by atoms with Gasteiger partial charge in [-0.05, 0) is 37.1 Å². The van der Waals surface area contributed by atoms with E-state index in [1.165, 1.54) is 24.5 Å². The fourth-order valence-electron chi connectivity index (χ4n) is 1.73. The van der Waals surface area contributed by atoms with Crippen molar-refractivity contribution in [3.8, 4) is 0 Å². The molecular weight excluding hydrogens is 233 g/mol. The average Bonchev–Trinajstić information content (AvgIpc) is 2.80. The maximum atomic E-state index is 13.2. The molecule has 0 bridgehead atoms. The third-order valence-corrected chi connectivity index (χ3v) is 2.67. The van der Waals surface area contributed by atoms with Gasteiger partial charge in [-0.25, -0.2) is 14.1 Å². The summed E-state index contributed by atoms with van der Waals surface area (Å²) in [5.41, 5.74) is 0.877. The SMILES string of the molecule is CCCn1ncnc1C(=O)c1ccc(F)c(C)c1. The van der Waals surface area contributed by atoms with E-state index in [1.807, 2.05) is 6.92 Å². The lowest BCUT2D eigenvalue weighted by Gasteiger charge is -2.04. The second-order valence-corrected chi connectivity index (χ2v) is 4.10. The predicted octanol–water partition coefficient (Wildman–Crippen LogP) is 2.37. The lowest BCUT2D eigenvalue weighted by Crippen LogP contribution is -2.13. The first-order chi connectivity index (χ1) is 8.63. The van der Waals surface area contributed by atoms with Crippen molar-refractivity contribution < 1.29 is 9.18 Å². The fraction of sp³-hybridized carbons (Fsp3) is 0.308. The first-order valence-electron chi connectivity index (χ1n) is 5.82. The van der Waals surface area contributed by atoms with Crippen LogP contribution in [0.5, 0.6) is 0 Å². The largest absolute Gasteiger partial charge is 0.285 e. The van der Waals surface area contributed by atoms with Crippen molar-refractivity contribution in [1.29, 1.82) is 0 Å². The summed E-state index contributed by atoms with van der Waals surface area (Å²) >= 11 is 0. The molecule has 5 heteroatoms. The molecule has 1 aromatic heterocycles. The number of carbonyl (C=O) groups excluding carboxylic acids is 1. The Labute approximate surface area is 104 Å². The lowest BCUT2D eigenvalue weighted by atomic mass is 10.1. The summed E-state index contributed by atoms with van der Waals surface area (Å²) in [4.78, 5) is 16.2. The number of hydrogen-bond donors (Lipinski definition) is 0. The van der Waals surface area contributed by atoms with Gasteiger partial charge in [-0.1, -0.05) is 6.92 Å². The standard InChI is InChI=1S/C13H14FN3O/c1-3-6-17-13(15-8-16-17)12(18)10-4-5-11(14)9(2)7-10/h4-5,7-8H,3,6H2,1-2H3. The van der Waals surface area contributed by atoms with Crippen molar-refractivity contribution in [2.75, 3.05) is 0 Å². The van der Waals surface area contributed by atoms with Crippen LogP contribution in [0, 0.1) is 12.7 Å². The maximum absolute atomic E-state index is 13.2. The molecule has 0 N–H and O–H groups in total. The molecule has 0 spiro atoms. The molecule has 18 heavy (non-hydrogen) atoms. The highest BCUT2D eigenvalue weighted by Crippen LogP contribution is 2.13. The van der Waals surface area contributed by atoms with Crippen LogP contribution in [0.15, 0.2) is 24.5 Å². The molecule has 4 nitrogen and oxygen atoms in total. The molecule has 0 fully saturated rings. The number of aromatic nitrogens is 3. The minimum Gasteiger partial charge on any atom is -0.285 e. The molecule has 1 aromatic carbocycles. The van der Waals surface area contributed by atoms with Crippen molar-refractivity contribution in [3.05, 3.63) is 47.3 Å². The van der Waals surface area contributed by atoms with Crippen molar-refractivity contribution in [2.24, 2.45) is 0 Å². The fourth-order valence-corrected chi connectivity index (χ4v) is 1.73. The Morgan fingerprint density at radius 2 is 2.22 bits per heavy atom. The number of nitrogens with zero attached hydrogens (tertiary/aromatic N) is 3. The Morgan fingerprint density at radius 3 is 2.89 bits per heavy atom. The van der Waals surface area contributed by atoms with E-state index in [9.17, 15) is 9.18 Å². The Bertz CT molecular complexity index is 577. The number of hydrogen-bond acceptors (Lipinski definition) is 3. The van der Waals surface area contributed by atoms with Crippen LogP contribution in [0.2, 0.25) is 0 Å². The minimum atomic E-state index is -0.318. The summed E-state index contributed by atoms with van der Waals surface area (Å²) in [5, 5.41) is 4.00. The highest BCUT2D eigenvalue weighted by Gasteiger charge is 2.16. The van der Waals surface area contributed by atoms with E-state index < -0.39 is 0 Å². The van der Waals surface area contributed by atoms with Gasteiger partial charge >= 0.3 is 0 Å². The van der Waals surface area contributed by atoms with Crippen LogP contribution in [0.25, 0.3) is 0 Å². The van der Waals surface area contributed by atoms with E-state index in [1.54, 1.807) is 11.6 Å². The van der Waals surface area contributed by atoms with E-state index >= 15 is 0 Å². The minimum absolute atomic E-state index is 0.232. The Balaban J connectivity index is 2.35. The topological polar surface area (TPSA) is 47.8 Å². The normalized spacial score (nSPS) is 10.6. The number of carbonyl (C=O) groups is 1. The molecule has 2 rings (SSSR count). The van der Waals surface area contributed by atoms with Gasteiger partial charge in [-0.15, -0.1) is 0 Å². The van der Waals surface area contributed by atoms with Crippen LogP contribution in [0.3, 0.4) is 0 Å². The van der Waals surface area contributed by atoms with Crippen LogP contribution >= 0.6 is 0 Å². The number of benzene rings is 1. The summed E-state index contributed by atoms with van der Waals surface area (Å²) in [6.07, 6.45) is 2.23. The van der Waals surface area contributed by atoms with E-state index in [0.29, 0.717) is 23.5 Å². The summed E-state index contributed by atoms with van der Waals surface area (Å²) in [7, 11) is 0. The van der Waals surface area contributed by atoms with E-state index in [2.05, 4.69) is 10.1 Å². The van der Waals surface area contributed by atoms with Crippen molar-refractivity contribution in [3.63, 3.8) is 0 Å². The van der Waals surface area contributed by atoms with Gasteiger partial charge in [0.2, 0.25) is 5.78 Å². The zero-order valence-corrected chi connectivity index (χ0v) is 10.4. The van der Waals surface area contributed by atoms with Gasteiger partial charge in [0.25, 0.3) is 0 Å². The van der Waals surface area contributed by atoms with Crippen LogP contribution in [-0.4, -0.2) is 20.5 Å². The average molecular weight is 247 g/mol. The molecule has 1 heterocycles. The third-order valence-electron chi connectivity index (χ3n) is 2.67. The van der Waals surface area contributed by atoms with Crippen molar-refractivity contribution >= 4 is 5.78 Å². The van der Waals surface area contributed by atoms with Gasteiger partial charge in [-0.2, -0.15) is 5.10 Å². The summed E-state index contributed by atoms with van der Waals surface area (Å²) in [5.74, 6) is -0.256. The van der Waals surface area contributed by atoms with Gasteiger partial charge in [0.05, 0.1) is 0 Å². The highest BCUT2D eigenvalue weighted by molar-refractivity contribution is 6.06. The maximum Gasteiger partial charge on any atom is 0.229 e. The van der Waals surface area contributed by atoms with Crippen molar-refractivity contribution in [1.82, 2.24) is 14.8 Å². The molecular formula is C13H14FN3O. The molecule has 0 saturated heterocycles. The summed E-state index contributed by atoms with van der Waals surface area (Å²) < 4.78 is 14.7. The number of rotatable bonds is 4. The van der Waals surface area contributed by atoms with Crippen LogP contribution in [0.4, 0.5) is 4.39 Å². The molecule has 94 valence electrons. The predicted molar refractivity (Wildman–Crippen MR) is 64.9 cm³/mol. The van der Waals surface area contributed by atoms with Crippen LogP contribution < -0.4 is 0 Å². The molecule has 0 radical (unpaired) electrons. The number of halogens is 1. The van der Waals surface area contributed by atoms with Crippen LogP contribution in [0.1, 0.15) is 35.1 Å². The third kappa shape index (κ3) is 2.30. The van der Waals surface area contributed by atoms with Gasteiger partial charge in [-0.3, -0.25) is 4.79 Å². The first-order valence-corrected chi connectivity index (χ1v) is 5.82. The Kier molecular flexibility index (Phi) is 3.50. The zero-order valence-electron chi connectivity index (χ0n) is 10.4. The van der Waals surface area contributed by atoms with Gasteiger partial charge < -0.3 is 0 Å². The summed E-state index contributed by atoms with van der Waals surface area (Å²) in [6, 6.07) is 4.29. The quantitative estimate of drug-likeness (QED) is 0.779. The second-order valence-electron chi connectivity index (χ2n) is 4.10. The second kappa shape index (κ2) is 5.08. The van der Waals surface area contributed by atoms with Crippen molar-refractivity contribution in [2.45, 2.75) is 26.8 Å². The number of aryl methyl sites for hydroxylation is 2. The lowest BCUT2D eigenvalue weighted by molar-refractivity contribution is 0.102. The Hall–Kier alpha value is -2.04.